The number of hydrogen-bond acceptors (Lipinski definition) is 3. The molecule has 0 atom stereocenters. The Morgan fingerprint density at radius 2 is 1.94 bits per heavy atom. The van der Waals surface area contributed by atoms with Crippen LogP contribution in [0.1, 0.15) is 25.0 Å². The van der Waals surface area contributed by atoms with Crippen molar-refractivity contribution in [1.82, 2.24) is 0 Å². The van der Waals surface area contributed by atoms with Gasteiger partial charge in [-0.05, 0) is 38.3 Å². The lowest BCUT2D eigenvalue weighted by Crippen LogP contribution is -1.96. The number of benzene rings is 1. The van der Waals surface area contributed by atoms with Gasteiger partial charge in [-0.25, -0.2) is 0 Å². The van der Waals surface area contributed by atoms with Gasteiger partial charge >= 0.3 is 0 Å². The molecular formula is C15H20O3. The van der Waals surface area contributed by atoms with Crippen LogP contribution >= 0.6 is 0 Å². The molecule has 0 fully saturated rings. The smallest absolute Gasteiger partial charge is 0.200 e. The quantitative estimate of drug-likeness (QED) is 0.620. The van der Waals surface area contributed by atoms with E-state index in [0.717, 1.165) is 16.7 Å². The highest BCUT2D eigenvalue weighted by molar-refractivity contribution is 5.58. The van der Waals surface area contributed by atoms with Crippen LogP contribution in [0, 0.1) is 0 Å². The van der Waals surface area contributed by atoms with Gasteiger partial charge < -0.3 is 14.9 Å². The molecule has 0 saturated carbocycles. The van der Waals surface area contributed by atoms with Gasteiger partial charge in [0.1, 0.15) is 0 Å². The van der Waals surface area contributed by atoms with Crippen molar-refractivity contribution in [2.75, 3.05) is 7.11 Å². The number of aromatic hydroxyl groups is 2. The monoisotopic (exact) mass is 248 g/mol. The molecule has 0 aliphatic rings. The summed E-state index contributed by atoms with van der Waals surface area (Å²) < 4.78 is 5.03. The number of methoxy groups -OCH3 is 1. The predicted molar refractivity (Wildman–Crippen MR) is 73.4 cm³/mol. The molecule has 3 nitrogen and oxygen atoms in total. The Morgan fingerprint density at radius 3 is 2.44 bits per heavy atom. The average molecular weight is 248 g/mol. The summed E-state index contributed by atoms with van der Waals surface area (Å²) in [5.74, 6) is -0.0310. The molecule has 0 unspecified atom stereocenters. The van der Waals surface area contributed by atoms with E-state index in [2.05, 4.69) is 6.58 Å². The molecule has 0 aliphatic carbocycles. The van der Waals surface area contributed by atoms with Gasteiger partial charge in [-0.2, -0.15) is 0 Å². The molecule has 0 aromatic heterocycles. The zero-order valence-corrected chi connectivity index (χ0v) is 11.2. The maximum Gasteiger partial charge on any atom is 0.200 e. The minimum atomic E-state index is -0.206. The summed E-state index contributed by atoms with van der Waals surface area (Å²) in [6.45, 7) is 7.69. The molecule has 98 valence electrons. The SMILES string of the molecule is C=CCc1cc(OC)c(O)c(O)c1CC=C(C)C. The lowest BCUT2D eigenvalue weighted by atomic mass is 9.98. The van der Waals surface area contributed by atoms with E-state index in [1.54, 1.807) is 12.1 Å². The Morgan fingerprint density at radius 1 is 1.28 bits per heavy atom. The van der Waals surface area contributed by atoms with Crippen molar-refractivity contribution in [2.45, 2.75) is 26.7 Å². The predicted octanol–water partition coefficient (Wildman–Crippen LogP) is 3.34. The maximum absolute atomic E-state index is 10.0. The van der Waals surface area contributed by atoms with E-state index in [-0.39, 0.29) is 17.2 Å². The number of allylic oxidation sites excluding steroid dienone is 3. The van der Waals surface area contributed by atoms with Crippen molar-refractivity contribution in [1.29, 1.82) is 0 Å². The van der Waals surface area contributed by atoms with Crippen molar-refractivity contribution in [3.8, 4) is 17.2 Å². The van der Waals surface area contributed by atoms with E-state index in [1.165, 1.54) is 7.11 Å². The fraction of sp³-hybridized carbons (Fsp3) is 0.333. The van der Waals surface area contributed by atoms with Crippen LogP contribution in [0.5, 0.6) is 17.2 Å². The normalized spacial score (nSPS) is 9.94. The molecule has 1 rings (SSSR count). The van der Waals surface area contributed by atoms with Crippen LogP contribution in [-0.2, 0) is 12.8 Å². The summed E-state index contributed by atoms with van der Waals surface area (Å²) in [5, 5.41) is 19.9. The minimum Gasteiger partial charge on any atom is -0.504 e. The van der Waals surface area contributed by atoms with Gasteiger partial charge in [0.25, 0.3) is 0 Å². The van der Waals surface area contributed by atoms with E-state index >= 15 is 0 Å². The molecule has 0 radical (unpaired) electrons. The van der Waals surface area contributed by atoms with Gasteiger partial charge in [0.05, 0.1) is 7.11 Å². The summed E-state index contributed by atoms with van der Waals surface area (Å²) in [5.41, 5.74) is 2.79. The van der Waals surface area contributed by atoms with Gasteiger partial charge in [-0.3, -0.25) is 0 Å². The first-order valence-corrected chi connectivity index (χ1v) is 5.86. The zero-order chi connectivity index (χ0) is 13.7. The highest BCUT2D eigenvalue weighted by Crippen LogP contribution is 2.40. The Hall–Kier alpha value is -1.90. The fourth-order valence-corrected chi connectivity index (χ4v) is 1.75. The molecule has 2 N–H and O–H groups in total. The van der Waals surface area contributed by atoms with E-state index in [0.29, 0.717) is 12.8 Å². The molecule has 0 heterocycles. The van der Waals surface area contributed by atoms with Crippen LogP contribution in [0.2, 0.25) is 0 Å². The zero-order valence-electron chi connectivity index (χ0n) is 11.2. The molecule has 0 bridgehead atoms. The number of phenols is 2. The first kappa shape index (κ1) is 14.2. The third-order valence-corrected chi connectivity index (χ3v) is 2.74. The van der Waals surface area contributed by atoms with E-state index in [9.17, 15) is 10.2 Å². The van der Waals surface area contributed by atoms with Crippen LogP contribution in [0.15, 0.2) is 30.4 Å². The standard InChI is InChI=1S/C15H20O3/c1-5-6-11-9-13(18-4)15(17)14(16)12(11)8-7-10(2)3/h5,7,9,16-17H,1,6,8H2,2-4H3. The molecule has 0 amide bonds. The molecule has 3 heteroatoms. The molecule has 18 heavy (non-hydrogen) atoms. The van der Waals surface area contributed by atoms with Crippen LogP contribution < -0.4 is 4.74 Å². The maximum atomic E-state index is 10.0. The van der Waals surface area contributed by atoms with E-state index in [1.807, 2.05) is 19.9 Å². The van der Waals surface area contributed by atoms with Crippen LogP contribution in [0.4, 0.5) is 0 Å². The second-order valence-electron chi connectivity index (χ2n) is 4.39. The lowest BCUT2D eigenvalue weighted by molar-refractivity contribution is 0.348. The Kier molecular flexibility index (Phi) is 4.84. The third-order valence-electron chi connectivity index (χ3n) is 2.74. The summed E-state index contributed by atoms with van der Waals surface area (Å²) in [6, 6.07) is 1.74. The molecular weight excluding hydrogens is 228 g/mol. The summed E-state index contributed by atoms with van der Waals surface area (Å²) in [4.78, 5) is 0. The van der Waals surface area contributed by atoms with Gasteiger partial charge in [-0.1, -0.05) is 17.7 Å². The second-order valence-corrected chi connectivity index (χ2v) is 4.39. The summed E-state index contributed by atoms with van der Waals surface area (Å²) >= 11 is 0. The van der Waals surface area contributed by atoms with Crippen molar-refractivity contribution in [3.63, 3.8) is 0 Å². The summed E-state index contributed by atoms with van der Waals surface area (Å²) in [6.07, 6.45) is 4.97. The van der Waals surface area contributed by atoms with E-state index < -0.39 is 0 Å². The van der Waals surface area contributed by atoms with Crippen LogP contribution in [0.3, 0.4) is 0 Å². The van der Waals surface area contributed by atoms with Crippen LogP contribution in [-0.4, -0.2) is 17.3 Å². The molecule has 1 aromatic rings. The number of phenolic OH excluding ortho intramolecular Hbond substituents is 2. The molecule has 0 aliphatic heterocycles. The van der Waals surface area contributed by atoms with Gasteiger partial charge in [0.15, 0.2) is 11.5 Å². The van der Waals surface area contributed by atoms with Crippen molar-refractivity contribution in [3.05, 3.63) is 41.5 Å². The van der Waals surface area contributed by atoms with Gasteiger partial charge in [0.2, 0.25) is 5.75 Å². The topological polar surface area (TPSA) is 49.7 Å². The highest BCUT2D eigenvalue weighted by atomic mass is 16.5. The second kappa shape index (κ2) is 6.15. The third kappa shape index (κ3) is 3.06. The number of rotatable bonds is 5. The van der Waals surface area contributed by atoms with Crippen LogP contribution in [0.25, 0.3) is 0 Å². The number of ether oxygens (including phenoxy) is 1. The van der Waals surface area contributed by atoms with Gasteiger partial charge in [0, 0.05) is 5.56 Å². The lowest BCUT2D eigenvalue weighted by Gasteiger charge is -2.13. The molecule has 0 spiro atoms. The average Bonchev–Trinajstić information content (AvgIpc) is 2.33. The minimum absolute atomic E-state index is 0.108. The van der Waals surface area contributed by atoms with Crippen molar-refractivity contribution >= 4 is 0 Å². The first-order valence-electron chi connectivity index (χ1n) is 5.86. The largest absolute Gasteiger partial charge is 0.504 e. The molecule has 1 aromatic carbocycles. The van der Waals surface area contributed by atoms with Crippen molar-refractivity contribution in [2.24, 2.45) is 0 Å². The Labute approximate surface area is 108 Å². The van der Waals surface area contributed by atoms with Gasteiger partial charge in [-0.15, -0.1) is 6.58 Å². The Balaban J connectivity index is 3.32. The van der Waals surface area contributed by atoms with E-state index in [4.69, 9.17) is 4.74 Å². The van der Waals surface area contributed by atoms with Crippen molar-refractivity contribution < 1.29 is 14.9 Å². The highest BCUT2D eigenvalue weighted by Gasteiger charge is 2.16. The Bertz CT molecular complexity index is 469. The number of hydrogen-bond donors (Lipinski definition) is 2. The summed E-state index contributed by atoms with van der Waals surface area (Å²) in [7, 11) is 1.46. The fourth-order valence-electron chi connectivity index (χ4n) is 1.75. The molecule has 0 saturated heterocycles. The first-order chi connectivity index (χ1) is 8.51.